The minimum atomic E-state index is -1.03. The van der Waals surface area contributed by atoms with Crippen molar-refractivity contribution in [3.63, 3.8) is 0 Å². The van der Waals surface area contributed by atoms with Crippen molar-refractivity contribution in [2.45, 2.75) is 19.4 Å². The molecule has 0 bridgehead atoms. The molecule has 5 heteroatoms. The molecule has 21 heavy (non-hydrogen) atoms. The lowest BCUT2D eigenvalue weighted by molar-refractivity contribution is -0.145. The number of aliphatic carboxylic acids is 1. The molecule has 0 aliphatic rings. The number of hydrogen-bond acceptors (Lipinski definition) is 2. The molecule has 0 aromatic heterocycles. The number of hydrogen-bond donors (Lipinski definition) is 1. The van der Waals surface area contributed by atoms with Gasteiger partial charge in [0.25, 0.3) is 0 Å². The first-order valence-electron chi connectivity index (χ1n) is 6.36. The first-order chi connectivity index (χ1) is 9.95. The average molecular weight is 325 g/mol. The highest BCUT2D eigenvalue weighted by Gasteiger charge is 2.20. The van der Waals surface area contributed by atoms with Crippen molar-refractivity contribution in [1.82, 2.24) is 0 Å². The number of benzene rings is 2. The van der Waals surface area contributed by atoms with Gasteiger partial charge < -0.3 is 9.84 Å². The maximum absolute atomic E-state index is 11.4. The SMILES string of the molecule is Cc1cc(O[C@H](Cc2cccc(Cl)c2)C(=O)O)ccc1Cl. The second kappa shape index (κ2) is 6.83. The van der Waals surface area contributed by atoms with Gasteiger partial charge in [0.05, 0.1) is 0 Å². The molecule has 110 valence electrons. The molecule has 2 aromatic rings. The standard InChI is InChI=1S/C16H14Cl2O3/c1-10-7-13(5-6-14(10)18)21-15(16(19)20)9-11-3-2-4-12(17)8-11/h2-8,15H,9H2,1H3,(H,19,20)/t15-/m1/s1. The molecular weight excluding hydrogens is 311 g/mol. The largest absolute Gasteiger partial charge is 0.478 e. The number of halogens is 2. The van der Waals surface area contributed by atoms with Crippen LogP contribution in [0.15, 0.2) is 42.5 Å². The van der Waals surface area contributed by atoms with Crippen LogP contribution in [0, 0.1) is 6.92 Å². The predicted molar refractivity (Wildman–Crippen MR) is 83.4 cm³/mol. The summed E-state index contributed by atoms with van der Waals surface area (Å²) in [6.45, 7) is 1.84. The van der Waals surface area contributed by atoms with Crippen LogP contribution in [0.2, 0.25) is 10.0 Å². The van der Waals surface area contributed by atoms with E-state index in [2.05, 4.69) is 0 Å². The lowest BCUT2D eigenvalue weighted by atomic mass is 10.1. The average Bonchev–Trinajstić information content (AvgIpc) is 2.42. The Morgan fingerprint density at radius 2 is 2.00 bits per heavy atom. The number of carboxylic acids is 1. The van der Waals surface area contributed by atoms with E-state index in [-0.39, 0.29) is 6.42 Å². The molecule has 0 radical (unpaired) electrons. The topological polar surface area (TPSA) is 46.5 Å². The third kappa shape index (κ3) is 4.38. The fourth-order valence-corrected chi connectivity index (χ4v) is 2.24. The molecular formula is C16H14Cl2O3. The maximum atomic E-state index is 11.4. The molecule has 0 saturated heterocycles. The molecule has 0 unspecified atom stereocenters. The second-order valence-corrected chi connectivity index (χ2v) is 5.53. The number of carboxylic acid groups (broad SMARTS) is 1. The molecule has 0 aliphatic carbocycles. The highest BCUT2D eigenvalue weighted by Crippen LogP contribution is 2.23. The molecule has 2 aromatic carbocycles. The highest BCUT2D eigenvalue weighted by molar-refractivity contribution is 6.31. The minimum Gasteiger partial charge on any atom is -0.478 e. The van der Waals surface area contributed by atoms with E-state index in [1.54, 1.807) is 36.4 Å². The number of aryl methyl sites for hydroxylation is 1. The van der Waals surface area contributed by atoms with Gasteiger partial charge in [0.1, 0.15) is 5.75 Å². The van der Waals surface area contributed by atoms with E-state index < -0.39 is 12.1 Å². The Morgan fingerprint density at radius 3 is 2.62 bits per heavy atom. The van der Waals surface area contributed by atoms with Crippen LogP contribution in [0.3, 0.4) is 0 Å². The molecule has 0 aliphatic heterocycles. The van der Waals surface area contributed by atoms with Crippen LogP contribution in [0.5, 0.6) is 5.75 Å². The van der Waals surface area contributed by atoms with Crippen LogP contribution >= 0.6 is 23.2 Å². The maximum Gasteiger partial charge on any atom is 0.345 e. The minimum absolute atomic E-state index is 0.234. The van der Waals surface area contributed by atoms with E-state index in [0.717, 1.165) is 11.1 Å². The molecule has 1 atom stereocenters. The first kappa shape index (κ1) is 15.7. The first-order valence-corrected chi connectivity index (χ1v) is 7.11. The fraction of sp³-hybridized carbons (Fsp3) is 0.188. The smallest absolute Gasteiger partial charge is 0.345 e. The Labute approximate surface area is 133 Å². The van der Waals surface area contributed by atoms with E-state index in [0.29, 0.717) is 15.8 Å². The predicted octanol–water partition coefficient (Wildman–Crippen LogP) is 4.38. The van der Waals surface area contributed by atoms with Crippen LogP contribution in [-0.4, -0.2) is 17.2 Å². The summed E-state index contributed by atoms with van der Waals surface area (Å²) in [6, 6.07) is 12.1. The second-order valence-electron chi connectivity index (χ2n) is 4.69. The molecule has 0 spiro atoms. The van der Waals surface area contributed by atoms with Gasteiger partial charge in [-0.15, -0.1) is 0 Å². The number of rotatable bonds is 5. The van der Waals surface area contributed by atoms with Crippen LogP contribution < -0.4 is 4.74 Å². The van der Waals surface area contributed by atoms with Gasteiger partial charge in [-0.2, -0.15) is 0 Å². The zero-order chi connectivity index (χ0) is 15.4. The van der Waals surface area contributed by atoms with Crippen LogP contribution in [0.1, 0.15) is 11.1 Å². The van der Waals surface area contributed by atoms with Crippen molar-refractivity contribution in [2.24, 2.45) is 0 Å². The van der Waals surface area contributed by atoms with E-state index >= 15 is 0 Å². The molecule has 0 fully saturated rings. The summed E-state index contributed by atoms with van der Waals surface area (Å²) in [5, 5.41) is 10.5. The Bertz CT molecular complexity index is 656. The van der Waals surface area contributed by atoms with Crippen LogP contribution in [-0.2, 0) is 11.2 Å². The Balaban J connectivity index is 2.15. The number of ether oxygens (including phenoxy) is 1. The number of carbonyl (C=O) groups is 1. The summed E-state index contributed by atoms with van der Waals surface area (Å²) in [6.07, 6.45) is -0.749. The summed E-state index contributed by atoms with van der Waals surface area (Å²) < 4.78 is 5.55. The molecule has 1 N–H and O–H groups in total. The van der Waals surface area contributed by atoms with Crippen molar-refractivity contribution in [3.8, 4) is 5.75 Å². The zero-order valence-electron chi connectivity index (χ0n) is 11.3. The van der Waals surface area contributed by atoms with Gasteiger partial charge >= 0.3 is 5.97 Å². The van der Waals surface area contributed by atoms with Crippen molar-refractivity contribution in [1.29, 1.82) is 0 Å². The summed E-state index contributed by atoms with van der Waals surface area (Å²) >= 11 is 11.8. The Hall–Kier alpha value is -1.71. The van der Waals surface area contributed by atoms with E-state index in [4.69, 9.17) is 27.9 Å². The molecule has 3 nitrogen and oxygen atoms in total. The zero-order valence-corrected chi connectivity index (χ0v) is 12.9. The highest BCUT2D eigenvalue weighted by atomic mass is 35.5. The summed E-state index contributed by atoms with van der Waals surface area (Å²) in [4.78, 5) is 11.4. The van der Waals surface area contributed by atoms with Gasteiger partial charge in [-0.1, -0.05) is 35.3 Å². The van der Waals surface area contributed by atoms with Gasteiger partial charge in [-0.3, -0.25) is 0 Å². The van der Waals surface area contributed by atoms with E-state index in [1.807, 2.05) is 13.0 Å². The van der Waals surface area contributed by atoms with Crippen molar-refractivity contribution in [3.05, 3.63) is 63.6 Å². The van der Waals surface area contributed by atoms with Crippen LogP contribution in [0.25, 0.3) is 0 Å². The normalized spacial score (nSPS) is 12.0. The van der Waals surface area contributed by atoms with E-state index in [1.165, 1.54) is 0 Å². The van der Waals surface area contributed by atoms with Gasteiger partial charge in [0, 0.05) is 16.5 Å². The van der Waals surface area contributed by atoms with Gasteiger partial charge in [0.2, 0.25) is 0 Å². The fourth-order valence-electron chi connectivity index (χ4n) is 1.91. The van der Waals surface area contributed by atoms with E-state index in [9.17, 15) is 9.90 Å². The van der Waals surface area contributed by atoms with Crippen molar-refractivity contribution < 1.29 is 14.6 Å². The Morgan fingerprint density at radius 1 is 1.24 bits per heavy atom. The molecule has 2 rings (SSSR count). The lowest BCUT2D eigenvalue weighted by Gasteiger charge is -2.16. The Kier molecular flexibility index (Phi) is 5.10. The van der Waals surface area contributed by atoms with Gasteiger partial charge in [-0.25, -0.2) is 4.79 Å². The summed E-state index contributed by atoms with van der Waals surface area (Å²) in [5.41, 5.74) is 1.64. The van der Waals surface area contributed by atoms with Gasteiger partial charge in [0.15, 0.2) is 6.10 Å². The lowest BCUT2D eigenvalue weighted by Crippen LogP contribution is -2.29. The third-order valence-corrected chi connectivity index (χ3v) is 3.65. The summed E-state index contributed by atoms with van der Waals surface area (Å²) in [7, 11) is 0. The van der Waals surface area contributed by atoms with Gasteiger partial charge in [-0.05, 0) is 48.4 Å². The van der Waals surface area contributed by atoms with Crippen molar-refractivity contribution in [2.75, 3.05) is 0 Å². The molecule has 0 saturated carbocycles. The summed E-state index contributed by atoms with van der Waals surface area (Å²) in [5.74, 6) is -0.547. The monoisotopic (exact) mass is 324 g/mol. The van der Waals surface area contributed by atoms with Crippen molar-refractivity contribution >= 4 is 29.2 Å². The quantitative estimate of drug-likeness (QED) is 0.887. The van der Waals surface area contributed by atoms with Crippen LogP contribution in [0.4, 0.5) is 0 Å². The molecule has 0 heterocycles. The molecule has 0 amide bonds. The third-order valence-electron chi connectivity index (χ3n) is 2.99.